The Bertz CT molecular complexity index is 2930. The number of hydrogen-bond acceptors (Lipinski definition) is 14. The van der Waals surface area contributed by atoms with Gasteiger partial charge >= 0.3 is 5.97 Å². The Kier molecular flexibility index (Phi) is 26.8. The number of aromatic hydroxyl groups is 1. The summed E-state index contributed by atoms with van der Waals surface area (Å²) in [5, 5.41) is 43.8. The fraction of sp³-hybridized carbons (Fsp3) is 0.516. The fourth-order valence-electron chi connectivity index (χ4n) is 10.4. The SMILES string of the molecule is CC(C)C[C@@H]1NC(=O)[C@H](C(C)C)NC(=O)[C@H](CCCN)NC(=O)[C@H](CC(C)C)NC(=O)[C@@H](Cc2ccc(O)cc2)NC(=O)[C@@H]2CCCN2C(=O)[C@H](Cc2ccccc2)NC(=O)[C@@H](Cc2ccccc2)NC(=O)[C@H](CC(N)=O)NC(=O)[C@H](CC(=O)O)NC1=O. The first-order valence-corrected chi connectivity index (χ1v) is 29.8. The third-order valence-electron chi connectivity index (χ3n) is 15.0. The lowest BCUT2D eigenvalue weighted by Crippen LogP contribution is -2.62. The van der Waals surface area contributed by atoms with Gasteiger partial charge in [0.2, 0.25) is 65.0 Å². The fourth-order valence-corrected chi connectivity index (χ4v) is 10.4. The topological polar surface area (TPSA) is 409 Å². The molecule has 0 spiro atoms. The lowest BCUT2D eigenvalue weighted by Gasteiger charge is -2.31. The molecule has 26 heteroatoms. The molecule has 3 aromatic rings. The van der Waals surface area contributed by atoms with E-state index < -0.39 is 150 Å². The van der Waals surface area contributed by atoms with Crippen LogP contribution >= 0.6 is 0 Å². The molecular formula is C62H86N12O14. The summed E-state index contributed by atoms with van der Waals surface area (Å²) in [4.78, 5) is 172. The second-order valence-corrected chi connectivity index (χ2v) is 23.6. The smallest absolute Gasteiger partial charge is 0.305 e. The largest absolute Gasteiger partial charge is 0.508 e. The first kappa shape index (κ1) is 69.8. The highest BCUT2D eigenvalue weighted by atomic mass is 16.4. The quantitative estimate of drug-likeness (QED) is 0.0773. The first-order chi connectivity index (χ1) is 41.7. The molecule has 11 amide bonds. The number of phenols is 1. The van der Waals surface area contributed by atoms with Crippen LogP contribution < -0.4 is 59.3 Å². The van der Waals surface area contributed by atoms with Gasteiger partial charge in [-0.25, -0.2) is 0 Å². The molecule has 0 radical (unpaired) electrons. The summed E-state index contributed by atoms with van der Waals surface area (Å²) in [7, 11) is 0. The Morgan fingerprint density at radius 3 is 1.38 bits per heavy atom. The maximum Gasteiger partial charge on any atom is 0.305 e. The van der Waals surface area contributed by atoms with Crippen LogP contribution in [0.25, 0.3) is 0 Å². The molecule has 5 rings (SSSR count). The molecule has 0 aliphatic carbocycles. The molecule has 0 saturated carbocycles. The predicted molar refractivity (Wildman–Crippen MR) is 322 cm³/mol. The van der Waals surface area contributed by atoms with Crippen LogP contribution in [0.1, 0.15) is 110 Å². The van der Waals surface area contributed by atoms with E-state index in [9.17, 15) is 63.0 Å². The number of nitrogens with two attached hydrogens (primary N) is 2. The van der Waals surface area contributed by atoms with Crippen molar-refractivity contribution in [1.29, 1.82) is 0 Å². The molecule has 10 atom stereocenters. The van der Waals surface area contributed by atoms with E-state index in [2.05, 4.69) is 47.9 Å². The van der Waals surface area contributed by atoms with Crippen molar-refractivity contribution in [3.05, 3.63) is 102 Å². The molecule has 88 heavy (non-hydrogen) atoms. The second-order valence-electron chi connectivity index (χ2n) is 23.6. The number of hydrogen-bond donors (Lipinski definition) is 13. The average molecular weight is 1220 g/mol. The van der Waals surface area contributed by atoms with Gasteiger partial charge in [0.1, 0.15) is 66.2 Å². The average Bonchev–Trinajstić information content (AvgIpc) is 3.18. The third-order valence-corrected chi connectivity index (χ3v) is 15.0. The molecule has 2 aliphatic rings. The van der Waals surface area contributed by atoms with Crippen molar-refractivity contribution < 1.29 is 67.7 Å². The highest BCUT2D eigenvalue weighted by Crippen LogP contribution is 2.22. The van der Waals surface area contributed by atoms with Crippen molar-refractivity contribution in [2.75, 3.05) is 13.1 Å². The summed E-state index contributed by atoms with van der Waals surface area (Å²) < 4.78 is 0. The van der Waals surface area contributed by atoms with Gasteiger partial charge in [0, 0.05) is 25.8 Å². The molecule has 2 aliphatic heterocycles. The Balaban J connectivity index is 1.64. The Morgan fingerprint density at radius 1 is 0.500 bits per heavy atom. The lowest BCUT2D eigenvalue weighted by atomic mass is 9.98. The number of rotatable bonds is 18. The van der Waals surface area contributed by atoms with Crippen LogP contribution in [0.3, 0.4) is 0 Å². The number of carbonyl (C=O) groups is 12. The molecule has 15 N–H and O–H groups in total. The van der Waals surface area contributed by atoms with E-state index in [1.54, 1.807) is 114 Å². The number of carboxylic acids is 1. The monoisotopic (exact) mass is 1220 g/mol. The maximum absolute atomic E-state index is 15.1. The number of primary amides is 1. The zero-order chi connectivity index (χ0) is 64.8. The summed E-state index contributed by atoms with van der Waals surface area (Å²) in [6.07, 6.45) is -1.89. The molecular weight excluding hydrogens is 1140 g/mol. The van der Waals surface area contributed by atoms with E-state index in [0.29, 0.717) is 23.1 Å². The molecule has 0 unspecified atom stereocenters. The molecule has 26 nitrogen and oxygen atoms in total. The van der Waals surface area contributed by atoms with Crippen molar-refractivity contribution in [3.63, 3.8) is 0 Å². The number of carbonyl (C=O) groups excluding carboxylic acids is 11. The van der Waals surface area contributed by atoms with Gasteiger partial charge in [-0.2, -0.15) is 0 Å². The summed E-state index contributed by atoms with van der Waals surface area (Å²) >= 11 is 0. The number of aliphatic carboxylic acids is 1. The predicted octanol–water partition coefficient (Wildman–Crippen LogP) is -0.375. The van der Waals surface area contributed by atoms with Gasteiger partial charge in [-0.3, -0.25) is 57.5 Å². The zero-order valence-electron chi connectivity index (χ0n) is 50.7. The normalized spacial score (nSPS) is 24.6. The highest BCUT2D eigenvalue weighted by Gasteiger charge is 2.42. The van der Waals surface area contributed by atoms with E-state index in [4.69, 9.17) is 11.5 Å². The zero-order valence-corrected chi connectivity index (χ0v) is 50.7. The number of fused-ring (bicyclic) bond motifs is 1. The van der Waals surface area contributed by atoms with Gasteiger partial charge in [0.05, 0.1) is 12.8 Å². The van der Waals surface area contributed by atoms with Crippen LogP contribution in [-0.2, 0) is 76.8 Å². The number of carboxylic acid groups (broad SMARTS) is 1. The number of benzene rings is 3. The molecule has 0 bridgehead atoms. The summed E-state index contributed by atoms with van der Waals surface area (Å²) in [6.45, 7) is 10.4. The van der Waals surface area contributed by atoms with Crippen LogP contribution in [0.2, 0.25) is 0 Å². The van der Waals surface area contributed by atoms with E-state index in [0.717, 1.165) is 0 Å². The van der Waals surface area contributed by atoms with Gasteiger partial charge in [0.15, 0.2) is 0 Å². The molecule has 478 valence electrons. The lowest BCUT2D eigenvalue weighted by molar-refractivity contribution is -0.142. The molecule has 2 fully saturated rings. The standard InChI is InChI=1S/C62H86N12O14/c1-34(2)27-42-54(80)65-41(19-13-25-63)53(79)73-52(36(5)6)61(87)71-43(28-35(3)4)55(81)69-47(33-51(77)78)59(85)68-46(32-50(64)76)58(84)67-44(29-37-15-9-7-10-16-37)57(83)72-48(31-38-17-11-8-12-18-38)62(88)74-26-14-20-49(74)60(86)70-45(56(82)66-42)30-39-21-23-40(75)24-22-39/h7-12,15-18,21-24,34-36,41-49,52,75H,13-14,19-20,25-33,63H2,1-6H3,(H2,64,76)(H,65,80)(H,66,82)(H,67,84)(H,68,85)(H,69,81)(H,70,86)(H,71,87)(H,72,83)(H,73,79)(H,77,78)/t41-,42-,43-,44+,45+,46-,47-,48-,49-,52-/m0/s1. The van der Waals surface area contributed by atoms with Crippen molar-refractivity contribution in [2.45, 2.75) is 173 Å². The van der Waals surface area contributed by atoms with Crippen molar-refractivity contribution in [2.24, 2.45) is 29.2 Å². The number of nitrogens with one attached hydrogen (secondary N) is 9. The van der Waals surface area contributed by atoms with Crippen molar-refractivity contribution in [3.8, 4) is 5.75 Å². The summed E-state index contributed by atoms with van der Waals surface area (Å²) in [5.74, 6) is -13.1. The number of nitrogens with zero attached hydrogens (tertiary/aromatic N) is 1. The summed E-state index contributed by atoms with van der Waals surface area (Å²) in [6, 6.07) is 7.93. The Labute approximate surface area is 512 Å². The maximum atomic E-state index is 15.1. The minimum atomic E-state index is -1.95. The summed E-state index contributed by atoms with van der Waals surface area (Å²) in [5.41, 5.74) is 13.1. The molecule has 2 saturated heterocycles. The molecule has 0 aromatic heterocycles. The van der Waals surface area contributed by atoms with Crippen LogP contribution in [0, 0.1) is 17.8 Å². The first-order valence-electron chi connectivity index (χ1n) is 29.8. The van der Waals surface area contributed by atoms with E-state index in [1.165, 1.54) is 17.0 Å². The molecule has 2 heterocycles. The number of phenolic OH excluding ortho intramolecular Hbond substituents is 1. The minimum absolute atomic E-state index is 0.0312. The van der Waals surface area contributed by atoms with E-state index >= 15 is 4.79 Å². The number of amides is 11. The third kappa shape index (κ3) is 21.8. The van der Waals surface area contributed by atoms with Gasteiger partial charge < -0.3 is 74.4 Å². The van der Waals surface area contributed by atoms with Crippen LogP contribution in [0.15, 0.2) is 84.9 Å². The van der Waals surface area contributed by atoms with Gasteiger partial charge in [0.25, 0.3) is 0 Å². The minimum Gasteiger partial charge on any atom is -0.508 e. The Morgan fingerprint density at radius 2 is 0.898 bits per heavy atom. The highest BCUT2D eigenvalue weighted by molar-refractivity contribution is 6.01. The van der Waals surface area contributed by atoms with Crippen molar-refractivity contribution >= 4 is 70.9 Å². The molecule has 3 aromatic carbocycles. The van der Waals surface area contributed by atoms with Crippen LogP contribution in [0.4, 0.5) is 0 Å². The van der Waals surface area contributed by atoms with Crippen LogP contribution in [0.5, 0.6) is 5.75 Å². The van der Waals surface area contributed by atoms with Gasteiger partial charge in [-0.1, -0.05) is 114 Å². The van der Waals surface area contributed by atoms with Gasteiger partial charge in [-0.05, 0) is 91.6 Å². The Hall–Kier alpha value is -8.94. The second kappa shape index (κ2) is 33.8. The van der Waals surface area contributed by atoms with Gasteiger partial charge in [-0.15, -0.1) is 0 Å². The van der Waals surface area contributed by atoms with Crippen molar-refractivity contribution in [1.82, 2.24) is 52.8 Å². The van der Waals surface area contributed by atoms with E-state index in [-0.39, 0.29) is 82.0 Å². The van der Waals surface area contributed by atoms with E-state index in [1.807, 2.05) is 0 Å². The van der Waals surface area contributed by atoms with Crippen LogP contribution in [-0.4, -0.2) is 160 Å².